The number of carboxylic acids is 1. The monoisotopic (exact) mass is 277 g/mol. The molecular weight excluding hydrogens is 258 g/mol. The summed E-state index contributed by atoms with van der Waals surface area (Å²) in [6.07, 6.45) is 1.49. The lowest BCUT2D eigenvalue weighted by atomic mass is 10.1. The third-order valence-corrected chi connectivity index (χ3v) is 3.50. The first kappa shape index (κ1) is 14.5. The number of hydrogen-bond donors (Lipinski definition) is 1. The lowest BCUT2D eigenvalue weighted by Gasteiger charge is -2.21. The quantitative estimate of drug-likeness (QED) is 0.913. The average molecular weight is 277 g/mol. The smallest absolute Gasteiger partial charge is 0.335 e. The fourth-order valence-electron chi connectivity index (χ4n) is 2.33. The van der Waals surface area contributed by atoms with E-state index in [2.05, 4.69) is 0 Å². The molecule has 1 heterocycles. The summed E-state index contributed by atoms with van der Waals surface area (Å²) in [5.41, 5.74) is 1.15. The van der Waals surface area contributed by atoms with Crippen LogP contribution < -0.4 is 0 Å². The Bertz CT molecular complexity index is 497. The van der Waals surface area contributed by atoms with Crippen molar-refractivity contribution in [1.29, 1.82) is 0 Å². The van der Waals surface area contributed by atoms with Gasteiger partial charge in [-0.1, -0.05) is 12.1 Å². The zero-order valence-electron chi connectivity index (χ0n) is 11.7. The van der Waals surface area contributed by atoms with Crippen molar-refractivity contribution in [2.45, 2.75) is 38.5 Å². The minimum absolute atomic E-state index is 0.0170. The van der Waals surface area contributed by atoms with E-state index in [1.165, 1.54) is 0 Å². The highest BCUT2D eigenvalue weighted by atomic mass is 16.5. The van der Waals surface area contributed by atoms with Crippen LogP contribution in [0.2, 0.25) is 0 Å². The van der Waals surface area contributed by atoms with Gasteiger partial charge in [-0.2, -0.15) is 0 Å². The maximum absolute atomic E-state index is 12.2. The summed E-state index contributed by atoms with van der Waals surface area (Å²) in [6.45, 7) is 2.42. The highest BCUT2D eigenvalue weighted by Crippen LogP contribution is 2.21. The van der Waals surface area contributed by atoms with Gasteiger partial charge in [-0.05, 0) is 37.5 Å². The molecule has 0 radical (unpaired) electrons. The van der Waals surface area contributed by atoms with Crippen molar-refractivity contribution in [2.24, 2.45) is 0 Å². The molecule has 0 bridgehead atoms. The molecule has 1 aliphatic heterocycles. The first-order chi connectivity index (χ1) is 9.47. The van der Waals surface area contributed by atoms with Gasteiger partial charge in [-0.25, -0.2) is 4.79 Å². The molecule has 0 unspecified atom stereocenters. The third kappa shape index (κ3) is 3.36. The summed E-state index contributed by atoms with van der Waals surface area (Å²) in [7, 11) is 1.74. The number of carbonyl (C=O) groups excluding carboxylic acids is 1. The molecule has 0 aromatic heterocycles. The van der Waals surface area contributed by atoms with Crippen LogP contribution in [-0.2, 0) is 16.1 Å². The number of likely N-dealkylation sites (N-methyl/N-ethyl adjacent to an activating group) is 1. The highest BCUT2D eigenvalue weighted by molar-refractivity contribution is 5.87. The van der Waals surface area contributed by atoms with Gasteiger partial charge in [0, 0.05) is 13.6 Å². The Morgan fingerprint density at radius 2 is 1.95 bits per heavy atom. The molecule has 1 aromatic rings. The van der Waals surface area contributed by atoms with Gasteiger partial charge in [0.15, 0.2) is 0 Å². The molecule has 108 valence electrons. The number of aromatic carboxylic acids is 1. The fraction of sp³-hybridized carbons (Fsp3) is 0.467. The first-order valence-electron chi connectivity index (χ1n) is 6.70. The highest BCUT2D eigenvalue weighted by Gasteiger charge is 2.30. The minimum atomic E-state index is -0.950. The maximum Gasteiger partial charge on any atom is 0.335 e. The number of benzene rings is 1. The third-order valence-electron chi connectivity index (χ3n) is 3.50. The van der Waals surface area contributed by atoms with Crippen LogP contribution in [0.5, 0.6) is 0 Å². The summed E-state index contributed by atoms with van der Waals surface area (Å²) in [5, 5.41) is 8.83. The molecule has 2 atom stereocenters. The molecule has 1 N–H and O–H groups in total. The number of hydrogen-bond acceptors (Lipinski definition) is 3. The van der Waals surface area contributed by atoms with Crippen molar-refractivity contribution in [3.63, 3.8) is 0 Å². The van der Waals surface area contributed by atoms with Gasteiger partial charge in [0.2, 0.25) is 0 Å². The van der Waals surface area contributed by atoms with Crippen molar-refractivity contribution in [3.8, 4) is 0 Å². The van der Waals surface area contributed by atoms with Crippen LogP contribution in [-0.4, -0.2) is 41.1 Å². The average Bonchev–Trinajstić information content (AvgIpc) is 2.85. The van der Waals surface area contributed by atoms with E-state index in [0.29, 0.717) is 6.54 Å². The van der Waals surface area contributed by atoms with Crippen LogP contribution in [0.25, 0.3) is 0 Å². The molecule has 1 amide bonds. The summed E-state index contributed by atoms with van der Waals surface area (Å²) in [4.78, 5) is 24.6. The molecule has 1 aromatic carbocycles. The molecule has 5 heteroatoms. The predicted molar refractivity (Wildman–Crippen MR) is 73.4 cm³/mol. The minimum Gasteiger partial charge on any atom is -0.478 e. The Morgan fingerprint density at radius 3 is 2.45 bits per heavy atom. The summed E-state index contributed by atoms with van der Waals surface area (Å²) < 4.78 is 5.56. The van der Waals surface area contributed by atoms with Gasteiger partial charge < -0.3 is 14.7 Å². The van der Waals surface area contributed by atoms with Gasteiger partial charge in [-0.3, -0.25) is 4.79 Å². The fourth-order valence-corrected chi connectivity index (χ4v) is 2.33. The van der Waals surface area contributed by atoms with Crippen molar-refractivity contribution in [3.05, 3.63) is 35.4 Å². The summed E-state index contributed by atoms with van der Waals surface area (Å²) in [6, 6.07) is 6.55. The van der Waals surface area contributed by atoms with Crippen molar-refractivity contribution < 1.29 is 19.4 Å². The van der Waals surface area contributed by atoms with E-state index in [4.69, 9.17) is 9.84 Å². The second kappa shape index (κ2) is 6.05. The van der Waals surface area contributed by atoms with Gasteiger partial charge in [0.05, 0.1) is 11.7 Å². The van der Waals surface area contributed by atoms with E-state index in [1.807, 2.05) is 6.92 Å². The number of carboxylic acid groups (broad SMARTS) is 1. The van der Waals surface area contributed by atoms with Crippen LogP contribution in [0.4, 0.5) is 0 Å². The topological polar surface area (TPSA) is 66.8 Å². The standard InChI is InChI=1S/C15H19NO4/c1-10-3-8-13(20-10)14(17)16(2)9-11-4-6-12(7-5-11)15(18)19/h4-7,10,13H,3,8-9H2,1-2H3,(H,18,19)/t10-,13-/m0/s1. The van der Waals surface area contributed by atoms with E-state index < -0.39 is 5.97 Å². The van der Waals surface area contributed by atoms with E-state index in [0.717, 1.165) is 18.4 Å². The molecule has 5 nitrogen and oxygen atoms in total. The Hall–Kier alpha value is -1.88. The Labute approximate surface area is 118 Å². The normalized spacial score (nSPS) is 21.7. The second-order valence-corrected chi connectivity index (χ2v) is 5.21. The zero-order chi connectivity index (χ0) is 14.7. The van der Waals surface area contributed by atoms with Crippen LogP contribution in [0.15, 0.2) is 24.3 Å². The maximum atomic E-state index is 12.2. The van der Waals surface area contributed by atoms with Crippen molar-refractivity contribution in [1.82, 2.24) is 4.90 Å². The van der Waals surface area contributed by atoms with Crippen LogP contribution in [0, 0.1) is 0 Å². The molecule has 0 spiro atoms. The number of nitrogens with zero attached hydrogens (tertiary/aromatic N) is 1. The molecular formula is C15H19NO4. The molecule has 0 saturated carbocycles. The summed E-state index contributed by atoms with van der Waals surface area (Å²) >= 11 is 0. The SMILES string of the molecule is C[C@H]1CC[C@@H](C(=O)N(C)Cc2ccc(C(=O)O)cc2)O1. The van der Waals surface area contributed by atoms with Crippen molar-refractivity contribution in [2.75, 3.05) is 7.05 Å². The molecule has 1 aliphatic rings. The lowest BCUT2D eigenvalue weighted by molar-refractivity contribution is -0.141. The van der Waals surface area contributed by atoms with Crippen LogP contribution in [0.3, 0.4) is 0 Å². The van der Waals surface area contributed by atoms with Gasteiger partial charge in [0.25, 0.3) is 5.91 Å². The number of carbonyl (C=O) groups is 2. The number of ether oxygens (including phenoxy) is 1. The van der Waals surface area contributed by atoms with E-state index >= 15 is 0 Å². The van der Waals surface area contributed by atoms with Crippen molar-refractivity contribution >= 4 is 11.9 Å². The zero-order valence-corrected chi connectivity index (χ0v) is 11.7. The Balaban J connectivity index is 1.95. The molecule has 2 rings (SSSR count). The lowest BCUT2D eigenvalue weighted by Crippen LogP contribution is -2.35. The molecule has 20 heavy (non-hydrogen) atoms. The van der Waals surface area contributed by atoms with Gasteiger partial charge in [-0.15, -0.1) is 0 Å². The Kier molecular flexibility index (Phi) is 4.39. The van der Waals surface area contributed by atoms with Gasteiger partial charge >= 0.3 is 5.97 Å². The second-order valence-electron chi connectivity index (χ2n) is 5.21. The van der Waals surface area contributed by atoms with Gasteiger partial charge in [0.1, 0.15) is 6.10 Å². The largest absolute Gasteiger partial charge is 0.478 e. The van der Waals surface area contributed by atoms with E-state index in [-0.39, 0.29) is 23.7 Å². The molecule has 0 aliphatic carbocycles. The van der Waals surface area contributed by atoms with E-state index in [9.17, 15) is 9.59 Å². The number of rotatable bonds is 4. The Morgan fingerprint density at radius 1 is 1.30 bits per heavy atom. The predicted octanol–water partition coefficient (Wildman–Crippen LogP) is 1.91. The molecule has 1 fully saturated rings. The van der Waals surface area contributed by atoms with Crippen LogP contribution in [0.1, 0.15) is 35.7 Å². The van der Waals surface area contributed by atoms with Crippen LogP contribution >= 0.6 is 0 Å². The van der Waals surface area contributed by atoms with E-state index in [1.54, 1.807) is 36.2 Å². The molecule has 1 saturated heterocycles. The number of amides is 1. The summed E-state index contributed by atoms with van der Waals surface area (Å²) in [5.74, 6) is -0.967. The first-order valence-corrected chi connectivity index (χ1v) is 6.70.